The van der Waals surface area contributed by atoms with Crippen LogP contribution in [0.25, 0.3) is 11.2 Å². The van der Waals surface area contributed by atoms with E-state index in [-0.39, 0.29) is 0 Å². The number of nitrogens with zero attached hydrogens (tertiary/aromatic N) is 5. The van der Waals surface area contributed by atoms with Crippen LogP contribution < -0.4 is 10.3 Å². The molecule has 0 aliphatic rings. The van der Waals surface area contributed by atoms with Gasteiger partial charge in [-0.05, 0) is 31.5 Å². The first-order valence-corrected chi connectivity index (χ1v) is 7.60. The van der Waals surface area contributed by atoms with Crippen molar-refractivity contribution < 1.29 is 0 Å². The van der Waals surface area contributed by atoms with Crippen LogP contribution >= 0.6 is 0 Å². The molecule has 0 amide bonds. The SMILES string of the molecule is CCN(CC)c1ccc(C=NNc2ncnc3nc[nH]c23)cc1. The second-order valence-electron chi connectivity index (χ2n) is 4.96. The zero-order chi connectivity index (χ0) is 16.1. The molecule has 7 heteroatoms. The van der Waals surface area contributed by atoms with E-state index in [0.717, 1.165) is 24.2 Å². The third-order valence-electron chi connectivity index (χ3n) is 3.63. The first kappa shape index (κ1) is 15.0. The predicted octanol–water partition coefficient (Wildman–Crippen LogP) is 2.65. The second-order valence-corrected chi connectivity index (χ2v) is 4.96. The van der Waals surface area contributed by atoms with Gasteiger partial charge in [-0.25, -0.2) is 15.0 Å². The van der Waals surface area contributed by atoms with Crippen LogP contribution in [-0.2, 0) is 0 Å². The van der Waals surface area contributed by atoms with Crippen molar-refractivity contribution >= 4 is 28.9 Å². The first-order chi connectivity index (χ1) is 11.3. The van der Waals surface area contributed by atoms with E-state index in [4.69, 9.17) is 0 Å². The van der Waals surface area contributed by atoms with E-state index in [1.54, 1.807) is 12.5 Å². The van der Waals surface area contributed by atoms with Gasteiger partial charge in [0.1, 0.15) is 11.8 Å². The monoisotopic (exact) mass is 309 g/mol. The van der Waals surface area contributed by atoms with Crippen LogP contribution in [-0.4, -0.2) is 39.2 Å². The number of fused-ring (bicyclic) bond motifs is 1. The summed E-state index contributed by atoms with van der Waals surface area (Å²) in [5.41, 5.74) is 6.50. The molecule has 0 bridgehead atoms. The van der Waals surface area contributed by atoms with Gasteiger partial charge in [-0.15, -0.1) is 0 Å². The molecule has 0 saturated heterocycles. The van der Waals surface area contributed by atoms with Crippen molar-refractivity contribution in [2.45, 2.75) is 13.8 Å². The van der Waals surface area contributed by atoms with Crippen LogP contribution in [0.2, 0.25) is 0 Å². The van der Waals surface area contributed by atoms with Crippen LogP contribution in [0.15, 0.2) is 42.0 Å². The Balaban J connectivity index is 1.69. The van der Waals surface area contributed by atoms with Gasteiger partial charge < -0.3 is 9.88 Å². The normalized spacial score (nSPS) is 11.2. The number of hydrogen-bond acceptors (Lipinski definition) is 6. The summed E-state index contributed by atoms with van der Waals surface area (Å²) in [6, 6.07) is 8.30. The Morgan fingerprint density at radius 3 is 2.65 bits per heavy atom. The molecule has 3 aromatic rings. The molecule has 0 atom stereocenters. The summed E-state index contributed by atoms with van der Waals surface area (Å²) in [6.07, 6.45) is 4.80. The number of nitrogens with one attached hydrogen (secondary N) is 2. The summed E-state index contributed by atoms with van der Waals surface area (Å²) in [5, 5.41) is 4.23. The summed E-state index contributed by atoms with van der Waals surface area (Å²) < 4.78 is 0. The zero-order valence-corrected chi connectivity index (χ0v) is 13.2. The summed E-state index contributed by atoms with van der Waals surface area (Å²) in [4.78, 5) is 17.6. The van der Waals surface area contributed by atoms with E-state index < -0.39 is 0 Å². The van der Waals surface area contributed by atoms with Crippen LogP contribution in [0, 0.1) is 0 Å². The second kappa shape index (κ2) is 6.87. The molecule has 0 aliphatic heterocycles. The number of anilines is 2. The average Bonchev–Trinajstić information content (AvgIpc) is 3.07. The molecular formula is C16H19N7. The number of aromatic amines is 1. The molecule has 0 spiro atoms. The van der Waals surface area contributed by atoms with E-state index in [2.05, 4.69) is 61.3 Å². The van der Waals surface area contributed by atoms with Gasteiger partial charge in [0.2, 0.25) is 0 Å². The molecule has 1 aromatic carbocycles. The fourth-order valence-electron chi connectivity index (χ4n) is 2.38. The molecule has 7 nitrogen and oxygen atoms in total. The van der Waals surface area contributed by atoms with Gasteiger partial charge in [-0.1, -0.05) is 12.1 Å². The van der Waals surface area contributed by atoms with Crippen molar-refractivity contribution in [3.05, 3.63) is 42.5 Å². The van der Waals surface area contributed by atoms with Crippen LogP contribution in [0.3, 0.4) is 0 Å². The molecule has 3 rings (SSSR count). The Bertz CT molecular complexity index is 788. The van der Waals surface area contributed by atoms with Crippen molar-refractivity contribution in [3.63, 3.8) is 0 Å². The number of aromatic nitrogens is 4. The molecule has 0 unspecified atom stereocenters. The molecule has 0 fully saturated rings. The number of H-pyrrole nitrogens is 1. The highest BCUT2D eigenvalue weighted by molar-refractivity contribution is 5.84. The van der Waals surface area contributed by atoms with Gasteiger partial charge in [0.05, 0.1) is 12.5 Å². The highest BCUT2D eigenvalue weighted by Gasteiger charge is 2.04. The molecule has 23 heavy (non-hydrogen) atoms. The minimum Gasteiger partial charge on any atom is -0.372 e. The van der Waals surface area contributed by atoms with E-state index >= 15 is 0 Å². The first-order valence-electron chi connectivity index (χ1n) is 7.60. The number of hydrogen-bond donors (Lipinski definition) is 2. The van der Waals surface area contributed by atoms with Gasteiger partial charge in [-0.3, -0.25) is 5.43 Å². The highest BCUT2D eigenvalue weighted by Crippen LogP contribution is 2.15. The van der Waals surface area contributed by atoms with Crippen LogP contribution in [0.4, 0.5) is 11.5 Å². The average molecular weight is 309 g/mol. The van der Waals surface area contributed by atoms with E-state index in [1.165, 1.54) is 12.0 Å². The molecule has 2 aromatic heterocycles. The lowest BCUT2D eigenvalue weighted by atomic mass is 10.2. The molecule has 118 valence electrons. The van der Waals surface area contributed by atoms with Gasteiger partial charge in [0.25, 0.3) is 0 Å². The Kier molecular flexibility index (Phi) is 4.46. The smallest absolute Gasteiger partial charge is 0.182 e. The zero-order valence-electron chi connectivity index (χ0n) is 13.2. The number of imidazole rings is 1. The summed E-state index contributed by atoms with van der Waals surface area (Å²) in [5.74, 6) is 0.600. The lowest BCUT2D eigenvalue weighted by molar-refractivity contribution is 0.866. The van der Waals surface area contributed by atoms with Gasteiger partial charge in [0.15, 0.2) is 11.5 Å². The lowest BCUT2D eigenvalue weighted by Gasteiger charge is -2.20. The number of benzene rings is 1. The van der Waals surface area contributed by atoms with Crippen molar-refractivity contribution in [2.24, 2.45) is 5.10 Å². The van der Waals surface area contributed by atoms with Crippen molar-refractivity contribution in [3.8, 4) is 0 Å². The fraction of sp³-hybridized carbons (Fsp3) is 0.250. The minimum absolute atomic E-state index is 0.600. The number of hydrazone groups is 1. The van der Waals surface area contributed by atoms with E-state index in [0.29, 0.717) is 11.5 Å². The Morgan fingerprint density at radius 2 is 1.91 bits per heavy atom. The Hall–Kier alpha value is -2.96. The van der Waals surface area contributed by atoms with Crippen molar-refractivity contribution in [1.82, 2.24) is 19.9 Å². The summed E-state index contributed by atoms with van der Waals surface area (Å²) in [7, 11) is 0. The predicted molar refractivity (Wildman–Crippen MR) is 92.9 cm³/mol. The highest BCUT2D eigenvalue weighted by atomic mass is 15.3. The molecule has 2 heterocycles. The molecule has 2 N–H and O–H groups in total. The van der Waals surface area contributed by atoms with Crippen molar-refractivity contribution in [2.75, 3.05) is 23.4 Å². The maximum absolute atomic E-state index is 4.23. The summed E-state index contributed by atoms with van der Waals surface area (Å²) >= 11 is 0. The van der Waals surface area contributed by atoms with Crippen molar-refractivity contribution in [1.29, 1.82) is 0 Å². The van der Waals surface area contributed by atoms with Gasteiger partial charge in [0, 0.05) is 18.8 Å². The van der Waals surface area contributed by atoms with Crippen LogP contribution in [0.1, 0.15) is 19.4 Å². The quantitative estimate of drug-likeness (QED) is 0.540. The molecule has 0 saturated carbocycles. The third-order valence-corrected chi connectivity index (χ3v) is 3.63. The van der Waals surface area contributed by atoms with E-state index in [1.807, 2.05) is 12.1 Å². The van der Waals surface area contributed by atoms with Crippen LogP contribution in [0.5, 0.6) is 0 Å². The van der Waals surface area contributed by atoms with Gasteiger partial charge in [-0.2, -0.15) is 5.10 Å². The third kappa shape index (κ3) is 3.28. The largest absolute Gasteiger partial charge is 0.372 e. The maximum Gasteiger partial charge on any atom is 0.182 e. The Labute approximate surface area is 134 Å². The topological polar surface area (TPSA) is 82.1 Å². The summed E-state index contributed by atoms with van der Waals surface area (Å²) in [6.45, 7) is 6.31. The van der Waals surface area contributed by atoms with E-state index in [9.17, 15) is 0 Å². The molecule has 0 radical (unpaired) electrons. The van der Waals surface area contributed by atoms with Gasteiger partial charge >= 0.3 is 0 Å². The Morgan fingerprint density at radius 1 is 1.13 bits per heavy atom. The molecule has 0 aliphatic carbocycles. The lowest BCUT2D eigenvalue weighted by Crippen LogP contribution is -2.21. The minimum atomic E-state index is 0.600. The molecular weight excluding hydrogens is 290 g/mol. The fourth-order valence-corrected chi connectivity index (χ4v) is 2.38. The number of rotatable bonds is 6. The maximum atomic E-state index is 4.23. The standard InChI is InChI=1S/C16H19N7/c1-3-23(4-2)13-7-5-12(6-8-13)9-21-22-16-14-15(18-10-17-14)19-11-20-16/h5-11H,3-4H2,1-2H3,(H2,17,18,19,20,22).